The predicted molar refractivity (Wildman–Crippen MR) is 248 cm³/mol. The van der Waals surface area contributed by atoms with Crippen LogP contribution in [0, 0.1) is 0 Å². The fourth-order valence-electron chi connectivity index (χ4n) is 9.63. The van der Waals surface area contributed by atoms with E-state index in [1.807, 2.05) is 60.9 Å². The van der Waals surface area contributed by atoms with Gasteiger partial charge in [0.05, 0.1) is 43.0 Å². The molecule has 0 saturated heterocycles. The van der Waals surface area contributed by atoms with Gasteiger partial charge in [-0.1, -0.05) is 44.2 Å². The SMILES string of the molecule is CC1=C(C=CC2=[N+](CCC(C)S(=O)(=O)[O-])c3ccc4cc(S(=O)(=O)[O-])ccc4c3C2(C)C)CCCC1=C/C=C1/N(CCC(C)S(=O)(=O)O)c2ccc3cc(SOO[O-])ccc3c2C1(C)C.[Na+].[Na+].[Na+]. The Bertz CT molecular complexity index is 3110. The summed E-state index contributed by atoms with van der Waals surface area (Å²) in [5, 5.41) is 15.1. The van der Waals surface area contributed by atoms with Crippen molar-refractivity contribution in [3.63, 3.8) is 0 Å². The Labute approximate surface area is 470 Å². The predicted octanol–water partition coefficient (Wildman–Crippen LogP) is -0.829. The van der Waals surface area contributed by atoms with Crippen molar-refractivity contribution in [1.82, 2.24) is 0 Å². The van der Waals surface area contributed by atoms with E-state index in [9.17, 15) is 44.2 Å². The Morgan fingerprint density at radius 2 is 1.46 bits per heavy atom. The van der Waals surface area contributed by atoms with Gasteiger partial charge in [0.15, 0.2) is 12.3 Å². The van der Waals surface area contributed by atoms with Crippen LogP contribution in [0.2, 0.25) is 0 Å². The van der Waals surface area contributed by atoms with Crippen LogP contribution in [0.4, 0.5) is 11.4 Å². The minimum absolute atomic E-state index is 0. The van der Waals surface area contributed by atoms with Crippen molar-refractivity contribution in [3.8, 4) is 0 Å². The van der Waals surface area contributed by atoms with E-state index in [0.717, 1.165) is 98.1 Å². The summed E-state index contributed by atoms with van der Waals surface area (Å²) in [6.07, 6.45) is 11.1. The first-order valence-corrected chi connectivity index (χ1v) is 26.3. The molecular formula is C47H52N2Na3O12S4+. The zero-order valence-corrected chi connectivity index (χ0v) is 49.4. The van der Waals surface area contributed by atoms with E-state index in [4.69, 9.17) is 0 Å². The molecule has 68 heavy (non-hydrogen) atoms. The van der Waals surface area contributed by atoms with Crippen LogP contribution in [0.1, 0.15) is 91.7 Å². The fourth-order valence-corrected chi connectivity index (χ4v) is 11.3. The molecule has 2 heterocycles. The molecule has 14 nitrogen and oxygen atoms in total. The summed E-state index contributed by atoms with van der Waals surface area (Å²) < 4.78 is 112. The van der Waals surface area contributed by atoms with Crippen LogP contribution in [-0.4, -0.2) is 72.8 Å². The van der Waals surface area contributed by atoms with Gasteiger partial charge in [-0.2, -0.15) is 17.3 Å². The van der Waals surface area contributed by atoms with Crippen molar-refractivity contribution >= 4 is 81.0 Å². The van der Waals surface area contributed by atoms with Crippen molar-refractivity contribution in [2.45, 2.75) is 112 Å². The summed E-state index contributed by atoms with van der Waals surface area (Å²) >= 11 is 0.806. The molecular weight excluding hydrogens is 982 g/mol. The summed E-state index contributed by atoms with van der Waals surface area (Å²) in [7, 11) is -13.5. The van der Waals surface area contributed by atoms with Gasteiger partial charge in [-0.05, 0) is 147 Å². The minimum atomic E-state index is -4.70. The Balaban J connectivity index is 0.00000336. The molecule has 0 fully saturated rings. The summed E-state index contributed by atoms with van der Waals surface area (Å²) in [6.45, 7) is 13.9. The number of benzene rings is 4. The van der Waals surface area contributed by atoms with Crippen molar-refractivity contribution in [2.75, 3.05) is 18.0 Å². The van der Waals surface area contributed by atoms with Crippen LogP contribution in [0.25, 0.3) is 21.5 Å². The molecule has 4 aromatic rings. The van der Waals surface area contributed by atoms with E-state index in [0.29, 0.717) is 16.8 Å². The topological polar surface area (TPSA) is 217 Å². The van der Waals surface area contributed by atoms with E-state index in [2.05, 4.69) is 53.3 Å². The molecule has 1 N–H and O–H groups in total. The second kappa shape index (κ2) is 22.9. The number of allylic oxidation sites excluding steroid dienone is 8. The summed E-state index contributed by atoms with van der Waals surface area (Å²) in [5.41, 5.74) is 7.54. The Morgan fingerprint density at radius 3 is 2.10 bits per heavy atom. The normalized spacial score (nSPS) is 19.0. The summed E-state index contributed by atoms with van der Waals surface area (Å²) in [4.78, 5) is 2.47. The zero-order valence-electron chi connectivity index (χ0n) is 40.2. The molecule has 3 aliphatic rings. The fraction of sp³-hybridized carbons (Fsp3) is 0.383. The average molecular weight is 1030 g/mol. The molecule has 2 aliphatic heterocycles. The molecule has 0 amide bonds. The first-order valence-electron chi connectivity index (χ1n) is 21.2. The van der Waals surface area contributed by atoms with E-state index >= 15 is 0 Å². The number of nitrogens with zero attached hydrogens (tertiary/aromatic N) is 2. The number of hydrogen-bond acceptors (Lipinski definition) is 13. The van der Waals surface area contributed by atoms with Gasteiger partial charge < -0.3 is 19.3 Å². The van der Waals surface area contributed by atoms with Gasteiger partial charge in [-0.25, -0.2) is 16.8 Å². The summed E-state index contributed by atoms with van der Waals surface area (Å²) in [6, 6.07) is 17.6. The molecule has 7 rings (SSSR count). The van der Waals surface area contributed by atoms with Crippen molar-refractivity contribution in [3.05, 3.63) is 119 Å². The van der Waals surface area contributed by atoms with Crippen LogP contribution < -0.4 is 98.8 Å². The van der Waals surface area contributed by atoms with Crippen LogP contribution in [0.5, 0.6) is 0 Å². The van der Waals surface area contributed by atoms with E-state index in [1.54, 1.807) is 12.1 Å². The molecule has 2 atom stereocenters. The van der Waals surface area contributed by atoms with Gasteiger partial charge in [0.25, 0.3) is 10.1 Å². The molecule has 0 radical (unpaired) electrons. The molecule has 4 aromatic carbocycles. The van der Waals surface area contributed by atoms with Gasteiger partial charge in [0.1, 0.15) is 10.1 Å². The van der Waals surface area contributed by atoms with Crippen LogP contribution >= 0.6 is 12.0 Å². The van der Waals surface area contributed by atoms with Gasteiger partial charge in [-0.3, -0.25) is 9.59 Å². The maximum absolute atomic E-state index is 12.1. The number of rotatable bonds is 15. The molecule has 348 valence electrons. The molecule has 21 heteroatoms. The molecule has 0 spiro atoms. The first kappa shape index (κ1) is 59.4. The van der Waals surface area contributed by atoms with Crippen LogP contribution in [-0.2, 0) is 50.6 Å². The maximum Gasteiger partial charge on any atom is 1.00 e. The van der Waals surface area contributed by atoms with E-state index < -0.39 is 51.7 Å². The minimum Gasteiger partial charge on any atom is -0.748 e. The standard InChI is InChI=1S/C47H54N2O12S4.3Na/c1-29(63(51,52)53)23-25-48-40-19-11-34-27-36(62-61-60-50)15-17-38(34)44(40)46(4,5)42(48)21-13-32-9-8-10-33(31(32)3)14-22-43-47(6,7)45-39-18-16-37(65(57,58)59)28-35(39)12-20-41(45)49(43)26-24-30(2)64(54,55)56;;;/h11-22,27-30H,8-10,23-26H2,1-7H3,(H3-,50,51,52,53,54,55,56,57,58,59);;;/q;3*+1/p-2. The molecule has 2 unspecified atom stereocenters. The van der Waals surface area contributed by atoms with E-state index in [1.165, 1.54) is 26.0 Å². The number of hydrogen-bond donors (Lipinski definition) is 1. The molecule has 0 saturated carbocycles. The molecule has 0 aromatic heterocycles. The van der Waals surface area contributed by atoms with Crippen LogP contribution in [0.15, 0.2) is 117 Å². The molecule has 0 bridgehead atoms. The smallest absolute Gasteiger partial charge is 0.748 e. The average Bonchev–Trinajstić information content (AvgIpc) is 3.59. The van der Waals surface area contributed by atoms with Gasteiger partial charge >= 0.3 is 88.7 Å². The second-order valence-corrected chi connectivity index (χ2v) is 23.9. The van der Waals surface area contributed by atoms with Crippen molar-refractivity contribution in [1.29, 1.82) is 0 Å². The molecule has 1 aliphatic carbocycles. The quantitative estimate of drug-likeness (QED) is 0.0385. The third-order valence-electron chi connectivity index (χ3n) is 13.3. The largest absolute Gasteiger partial charge is 1.00 e. The maximum atomic E-state index is 12.1. The third-order valence-corrected chi connectivity index (χ3v) is 17.2. The van der Waals surface area contributed by atoms with Gasteiger partial charge in [0.2, 0.25) is 5.69 Å². The number of fused-ring (bicyclic) bond motifs is 6. The van der Waals surface area contributed by atoms with Crippen LogP contribution in [0.3, 0.4) is 0 Å². The Morgan fingerprint density at radius 1 is 0.809 bits per heavy atom. The Hall–Kier alpha value is -1.21. The third kappa shape index (κ3) is 12.2. The monoisotopic (exact) mass is 1030 g/mol. The Kier molecular flexibility index (Phi) is 20.0. The van der Waals surface area contributed by atoms with Gasteiger partial charge in [-0.15, -0.1) is 0 Å². The first-order chi connectivity index (χ1) is 30.3. The summed E-state index contributed by atoms with van der Waals surface area (Å²) in [5.74, 6) is 0. The van der Waals surface area contributed by atoms with Crippen molar-refractivity contribution in [2.24, 2.45) is 0 Å². The van der Waals surface area contributed by atoms with E-state index in [-0.39, 0.29) is 113 Å². The van der Waals surface area contributed by atoms with Crippen molar-refractivity contribution < 1.29 is 147 Å². The number of anilines is 1. The van der Waals surface area contributed by atoms with Gasteiger partial charge in [0, 0.05) is 52.4 Å². The second-order valence-electron chi connectivity index (χ2n) is 18.1. The zero-order chi connectivity index (χ0) is 47.4.